The number of nitrogens with zero attached hydrogens (tertiary/aromatic N) is 2. The van der Waals surface area contributed by atoms with Crippen LogP contribution in [0.1, 0.15) is 12.5 Å². The third kappa shape index (κ3) is 3.42. The summed E-state index contributed by atoms with van der Waals surface area (Å²) in [4.78, 5) is 15.5. The number of hydrogen-bond acceptors (Lipinski definition) is 5. The number of phenolic OH excluding ortho intramolecular Hbond substituents is 1. The minimum absolute atomic E-state index is 0.128. The molecule has 0 fully saturated rings. The maximum Gasteiger partial charge on any atom is 0.282 e. The Morgan fingerprint density at radius 1 is 1.40 bits per heavy atom. The molecule has 0 aliphatic rings. The number of aromatic nitrogens is 2. The molecule has 0 spiro atoms. The van der Waals surface area contributed by atoms with Gasteiger partial charge in [0.25, 0.3) is 5.56 Å². The smallest absolute Gasteiger partial charge is 0.282 e. The van der Waals surface area contributed by atoms with Crippen molar-refractivity contribution in [3.8, 4) is 11.5 Å². The molecule has 0 aliphatic heterocycles. The van der Waals surface area contributed by atoms with Crippen LogP contribution in [0.5, 0.6) is 11.5 Å². The zero-order chi connectivity index (χ0) is 18.0. The van der Waals surface area contributed by atoms with E-state index in [0.717, 1.165) is 4.68 Å². The van der Waals surface area contributed by atoms with Crippen molar-refractivity contribution in [2.75, 3.05) is 6.61 Å². The van der Waals surface area contributed by atoms with Crippen molar-refractivity contribution in [3.63, 3.8) is 0 Å². The van der Waals surface area contributed by atoms with Gasteiger partial charge in [-0.3, -0.25) is 4.79 Å². The van der Waals surface area contributed by atoms with Gasteiger partial charge in [0.15, 0.2) is 11.5 Å². The first kappa shape index (κ1) is 17.2. The average Bonchev–Trinajstić information content (AvgIpc) is 2.59. The van der Waals surface area contributed by atoms with Gasteiger partial charge in [-0.2, -0.15) is 9.78 Å². The number of halogens is 1. The predicted octanol–water partition coefficient (Wildman–Crippen LogP) is 3.70. The van der Waals surface area contributed by atoms with Gasteiger partial charge in [0.1, 0.15) is 0 Å². The molecule has 0 unspecified atom stereocenters. The number of H-pyrrole nitrogens is 1. The van der Waals surface area contributed by atoms with E-state index in [1.165, 1.54) is 12.3 Å². The molecule has 6 nitrogen and oxygen atoms in total. The van der Waals surface area contributed by atoms with Gasteiger partial charge >= 0.3 is 0 Å². The van der Waals surface area contributed by atoms with Gasteiger partial charge in [-0.05, 0) is 49.0 Å². The average molecular weight is 376 g/mol. The molecule has 2 aromatic carbocycles. The fourth-order valence-corrected chi connectivity index (χ4v) is 2.78. The van der Waals surface area contributed by atoms with Crippen LogP contribution in [0.4, 0.5) is 0 Å². The Balaban J connectivity index is 2.07. The van der Waals surface area contributed by atoms with E-state index in [-0.39, 0.29) is 26.9 Å². The Morgan fingerprint density at radius 2 is 2.16 bits per heavy atom. The highest BCUT2D eigenvalue weighted by Crippen LogP contribution is 2.34. The first-order chi connectivity index (χ1) is 12.0. The number of benzene rings is 2. The highest BCUT2D eigenvalue weighted by molar-refractivity contribution is 7.71. The molecule has 0 amide bonds. The number of aromatic hydroxyl groups is 1. The molecule has 128 valence electrons. The number of ether oxygens (including phenoxy) is 1. The largest absolute Gasteiger partial charge is 0.503 e. The maximum absolute atomic E-state index is 12.5. The number of nitrogens with one attached hydrogen (secondary N) is 1. The van der Waals surface area contributed by atoms with Crippen molar-refractivity contribution < 1.29 is 9.84 Å². The van der Waals surface area contributed by atoms with E-state index in [0.29, 0.717) is 23.1 Å². The summed E-state index contributed by atoms with van der Waals surface area (Å²) >= 11 is 11.2. The molecule has 0 saturated heterocycles. The molecule has 25 heavy (non-hydrogen) atoms. The van der Waals surface area contributed by atoms with Crippen LogP contribution < -0.4 is 10.3 Å². The van der Waals surface area contributed by atoms with Crippen molar-refractivity contribution in [1.29, 1.82) is 0 Å². The predicted molar refractivity (Wildman–Crippen MR) is 101 cm³/mol. The lowest BCUT2D eigenvalue weighted by molar-refractivity contribution is 0.318. The van der Waals surface area contributed by atoms with Gasteiger partial charge in [0.2, 0.25) is 4.77 Å². The monoisotopic (exact) mass is 375 g/mol. The molecule has 0 radical (unpaired) electrons. The fourth-order valence-electron chi connectivity index (χ4n) is 2.32. The Hall–Kier alpha value is -2.64. The maximum atomic E-state index is 12.5. The quantitative estimate of drug-likeness (QED) is 0.538. The van der Waals surface area contributed by atoms with Crippen molar-refractivity contribution >= 4 is 40.9 Å². The van der Waals surface area contributed by atoms with E-state index in [1.807, 2.05) is 6.07 Å². The Labute approximate surface area is 153 Å². The van der Waals surface area contributed by atoms with Gasteiger partial charge in [0, 0.05) is 0 Å². The van der Waals surface area contributed by atoms with Crippen LogP contribution in [0.2, 0.25) is 5.02 Å². The summed E-state index contributed by atoms with van der Waals surface area (Å²) in [6, 6.07) is 10.1. The van der Waals surface area contributed by atoms with E-state index in [2.05, 4.69) is 10.1 Å². The Kier molecular flexibility index (Phi) is 4.87. The summed E-state index contributed by atoms with van der Waals surface area (Å²) in [6.45, 7) is 2.17. The summed E-state index contributed by atoms with van der Waals surface area (Å²) in [5, 5.41) is 14.6. The molecule has 2 N–H and O–H groups in total. The van der Waals surface area contributed by atoms with Crippen LogP contribution in [0.15, 0.2) is 46.3 Å². The lowest BCUT2D eigenvalue weighted by Crippen LogP contribution is -2.18. The summed E-state index contributed by atoms with van der Waals surface area (Å²) in [6.07, 6.45) is 1.42. The SMILES string of the molecule is CCOc1cc(/C=N/n2c(=S)[nH]c3ccccc3c2=O)cc(Cl)c1O. The molecular formula is C17H14ClN3O3S. The zero-order valence-electron chi connectivity index (χ0n) is 13.2. The second-order valence-electron chi connectivity index (χ2n) is 5.12. The lowest BCUT2D eigenvalue weighted by atomic mass is 10.2. The highest BCUT2D eigenvalue weighted by Gasteiger charge is 2.09. The molecule has 3 rings (SSSR count). The Bertz CT molecular complexity index is 1090. The minimum atomic E-state index is -0.328. The molecule has 0 saturated carbocycles. The van der Waals surface area contributed by atoms with Gasteiger partial charge in [-0.1, -0.05) is 23.7 Å². The lowest BCUT2D eigenvalue weighted by Gasteiger charge is -2.08. The Morgan fingerprint density at radius 3 is 2.92 bits per heavy atom. The van der Waals surface area contributed by atoms with E-state index in [9.17, 15) is 9.90 Å². The number of fused-ring (bicyclic) bond motifs is 1. The highest BCUT2D eigenvalue weighted by atomic mass is 35.5. The van der Waals surface area contributed by atoms with Gasteiger partial charge in [0.05, 0.1) is 28.7 Å². The molecule has 0 aliphatic carbocycles. The first-order valence-electron chi connectivity index (χ1n) is 7.45. The van der Waals surface area contributed by atoms with E-state index >= 15 is 0 Å². The van der Waals surface area contributed by atoms with Gasteiger partial charge in [-0.25, -0.2) is 0 Å². The van der Waals surface area contributed by atoms with Crippen LogP contribution in [-0.2, 0) is 0 Å². The first-order valence-corrected chi connectivity index (χ1v) is 8.23. The summed E-state index contributed by atoms with van der Waals surface area (Å²) in [5.41, 5.74) is 0.876. The summed E-state index contributed by atoms with van der Waals surface area (Å²) < 4.78 is 6.60. The third-order valence-corrected chi connectivity index (χ3v) is 4.02. The van der Waals surface area contributed by atoms with Crippen LogP contribution in [0.25, 0.3) is 10.9 Å². The van der Waals surface area contributed by atoms with E-state index in [1.54, 1.807) is 31.2 Å². The number of phenols is 1. The number of aromatic amines is 1. The van der Waals surface area contributed by atoms with Crippen molar-refractivity contribution in [2.24, 2.45) is 5.10 Å². The van der Waals surface area contributed by atoms with Crippen molar-refractivity contribution in [2.45, 2.75) is 6.92 Å². The van der Waals surface area contributed by atoms with E-state index < -0.39 is 0 Å². The topological polar surface area (TPSA) is 79.6 Å². The second-order valence-corrected chi connectivity index (χ2v) is 5.91. The van der Waals surface area contributed by atoms with Crippen LogP contribution in [0, 0.1) is 4.77 Å². The number of hydrogen-bond donors (Lipinski definition) is 2. The van der Waals surface area contributed by atoms with Gasteiger partial charge < -0.3 is 14.8 Å². The van der Waals surface area contributed by atoms with E-state index in [4.69, 9.17) is 28.6 Å². The molecule has 0 atom stereocenters. The van der Waals surface area contributed by atoms with Gasteiger partial charge in [-0.15, -0.1) is 0 Å². The molecule has 8 heteroatoms. The fraction of sp³-hybridized carbons (Fsp3) is 0.118. The molecule has 1 aromatic heterocycles. The molecule has 0 bridgehead atoms. The van der Waals surface area contributed by atoms with Crippen molar-refractivity contribution in [3.05, 3.63) is 62.1 Å². The second kappa shape index (κ2) is 7.08. The third-order valence-electron chi connectivity index (χ3n) is 3.46. The normalized spacial score (nSPS) is 11.3. The van der Waals surface area contributed by atoms with Crippen molar-refractivity contribution in [1.82, 2.24) is 9.66 Å². The van der Waals surface area contributed by atoms with Crippen LogP contribution >= 0.6 is 23.8 Å². The van der Waals surface area contributed by atoms with Crippen LogP contribution in [0.3, 0.4) is 0 Å². The number of para-hydroxylation sites is 1. The molecular weight excluding hydrogens is 362 g/mol. The number of rotatable bonds is 4. The summed E-state index contributed by atoms with van der Waals surface area (Å²) in [5.74, 6) is 0.105. The standard InChI is InChI=1S/C17H14ClN3O3S/c1-2-24-14-8-10(7-12(18)15(14)22)9-19-21-16(23)11-5-3-4-6-13(11)20-17(21)25/h3-9,22H,2H2,1H3,(H,20,25)/b19-9+. The zero-order valence-corrected chi connectivity index (χ0v) is 14.8. The minimum Gasteiger partial charge on any atom is -0.503 e. The summed E-state index contributed by atoms with van der Waals surface area (Å²) in [7, 11) is 0. The molecule has 1 heterocycles. The molecule has 3 aromatic rings. The van der Waals surface area contributed by atoms with Crippen LogP contribution in [-0.4, -0.2) is 27.6 Å².